The highest BCUT2D eigenvalue weighted by atomic mass is 16.4. The molecule has 0 saturated carbocycles. The molecule has 0 saturated heterocycles. The molecular formula is C9H18N2O2. The number of aliphatic carboxylic acids is 1. The number of carbonyl (C=O) groups is 1. The maximum absolute atomic E-state index is 10.4. The summed E-state index contributed by atoms with van der Waals surface area (Å²) in [7, 11) is 0. The minimum absolute atomic E-state index is 0.0251. The molecule has 0 aliphatic rings. The molecule has 4 nitrogen and oxygen atoms in total. The third-order valence-corrected chi connectivity index (χ3v) is 1.78. The zero-order chi connectivity index (χ0) is 10.4. The first-order valence-electron chi connectivity index (χ1n) is 4.31. The summed E-state index contributed by atoms with van der Waals surface area (Å²) in [5.74, 6) is -0.970. The van der Waals surface area contributed by atoms with Crippen molar-refractivity contribution in [2.75, 3.05) is 0 Å². The number of hydrogen-bond acceptors (Lipinski definition) is 3. The van der Waals surface area contributed by atoms with Crippen molar-refractivity contribution in [2.24, 2.45) is 11.5 Å². The Labute approximate surface area is 78.6 Å². The van der Waals surface area contributed by atoms with Gasteiger partial charge in [-0.2, -0.15) is 0 Å². The molecule has 0 heterocycles. The standard InChI is InChI=1S/C9H18N2O2/c1-6(2)5-7(10)3-4-8(11)9(12)13/h7-8H,1,3-5,10-11H2,2H3,(H,12,13). The Hall–Kier alpha value is -0.870. The number of carboxylic acids is 1. The van der Waals surface area contributed by atoms with Gasteiger partial charge >= 0.3 is 5.97 Å². The average Bonchev–Trinajstić information content (AvgIpc) is 1.98. The summed E-state index contributed by atoms with van der Waals surface area (Å²) in [5, 5.41) is 8.49. The minimum Gasteiger partial charge on any atom is -0.480 e. The molecule has 0 fully saturated rings. The number of nitrogens with two attached hydrogens (primary N) is 2. The van der Waals surface area contributed by atoms with Gasteiger partial charge in [-0.15, -0.1) is 6.58 Å². The molecule has 5 N–H and O–H groups in total. The first-order chi connectivity index (χ1) is 5.93. The number of carboxylic acid groups (broad SMARTS) is 1. The van der Waals surface area contributed by atoms with Crippen molar-refractivity contribution >= 4 is 5.97 Å². The number of rotatable bonds is 6. The van der Waals surface area contributed by atoms with E-state index in [0.29, 0.717) is 12.8 Å². The second-order valence-corrected chi connectivity index (χ2v) is 3.44. The highest BCUT2D eigenvalue weighted by molar-refractivity contribution is 5.72. The van der Waals surface area contributed by atoms with Crippen LogP contribution in [-0.2, 0) is 4.79 Å². The van der Waals surface area contributed by atoms with Crippen molar-refractivity contribution in [3.05, 3.63) is 12.2 Å². The van der Waals surface area contributed by atoms with Crippen molar-refractivity contribution in [1.29, 1.82) is 0 Å². The fourth-order valence-electron chi connectivity index (χ4n) is 1.07. The molecule has 0 amide bonds. The van der Waals surface area contributed by atoms with Crippen LogP contribution in [0.15, 0.2) is 12.2 Å². The van der Waals surface area contributed by atoms with Crippen LogP contribution in [0.2, 0.25) is 0 Å². The van der Waals surface area contributed by atoms with E-state index >= 15 is 0 Å². The maximum Gasteiger partial charge on any atom is 0.320 e. The molecule has 4 heteroatoms. The smallest absolute Gasteiger partial charge is 0.320 e. The largest absolute Gasteiger partial charge is 0.480 e. The molecule has 0 aromatic rings. The van der Waals surface area contributed by atoms with Crippen LogP contribution in [0.25, 0.3) is 0 Å². The van der Waals surface area contributed by atoms with E-state index in [1.165, 1.54) is 0 Å². The monoisotopic (exact) mass is 186 g/mol. The van der Waals surface area contributed by atoms with Crippen LogP contribution in [0.4, 0.5) is 0 Å². The van der Waals surface area contributed by atoms with Gasteiger partial charge in [0, 0.05) is 6.04 Å². The fourth-order valence-corrected chi connectivity index (χ4v) is 1.07. The summed E-state index contributed by atoms with van der Waals surface area (Å²) in [6, 6.07) is -0.820. The van der Waals surface area contributed by atoms with Crippen molar-refractivity contribution in [2.45, 2.75) is 38.3 Å². The van der Waals surface area contributed by atoms with Gasteiger partial charge in [-0.1, -0.05) is 5.57 Å². The zero-order valence-electron chi connectivity index (χ0n) is 7.99. The minimum atomic E-state index is -0.970. The SMILES string of the molecule is C=C(C)CC(N)CCC(N)C(=O)O. The van der Waals surface area contributed by atoms with E-state index < -0.39 is 12.0 Å². The molecule has 0 radical (unpaired) electrons. The lowest BCUT2D eigenvalue weighted by molar-refractivity contribution is -0.138. The topological polar surface area (TPSA) is 89.3 Å². The van der Waals surface area contributed by atoms with Gasteiger partial charge in [-0.25, -0.2) is 0 Å². The van der Waals surface area contributed by atoms with E-state index in [0.717, 1.165) is 12.0 Å². The van der Waals surface area contributed by atoms with Gasteiger partial charge in [-0.05, 0) is 26.2 Å². The van der Waals surface area contributed by atoms with Gasteiger partial charge in [-0.3, -0.25) is 4.79 Å². The molecule has 0 aliphatic heterocycles. The normalized spacial score (nSPS) is 15.0. The summed E-state index contributed by atoms with van der Waals surface area (Å²) in [6.45, 7) is 5.63. The second-order valence-electron chi connectivity index (χ2n) is 3.44. The fraction of sp³-hybridized carbons (Fsp3) is 0.667. The molecule has 0 rings (SSSR count). The maximum atomic E-state index is 10.4. The van der Waals surface area contributed by atoms with E-state index in [9.17, 15) is 4.79 Å². The summed E-state index contributed by atoms with van der Waals surface area (Å²) in [5.41, 5.74) is 12.0. The van der Waals surface area contributed by atoms with Crippen LogP contribution >= 0.6 is 0 Å². The Morgan fingerprint density at radius 1 is 1.46 bits per heavy atom. The van der Waals surface area contributed by atoms with E-state index in [4.69, 9.17) is 16.6 Å². The molecule has 76 valence electrons. The highest BCUT2D eigenvalue weighted by Gasteiger charge is 2.12. The summed E-state index contributed by atoms with van der Waals surface area (Å²) in [6.07, 6.45) is 1.77. The lowest BCUT2D eigenvalue weighted by Crippen LogP contribution is -2.32. The van der Waals surface area contributed by atoms with Crippen LogP contribution in [-0.4, -0.2) is 23.2 Å². The molecular weight excluding hydrogens is 168 g/mol. The first-order valence-corrected chi connectivity index (χ1v) is 4.31. The number of hydrogen-bond donors (Lipinski definition) is 3. The molecule has 0 aliphatic carbocycles. The van der Waals surface area contributed by atoms with Crippen molar-refractivity contribution in [3.8, 4) is 0 Å². The Balaban J connectivity index is 3.63. The zero-order valence-corrected chi connectivity index (χ0v) is 7.99. The molecule has 0 aromatic heterocycles. The van der Waals surface area contributed by atoms with E-state index in [-0.39, 0.29) is 6.04 Å². The van der Waals surface area contributed by atoms with Crippen LogP contribution in [0.1, 0.15) is 26.2 Å². The Morgan fingerprint density at radius 3 is 2.38 bits per heavy atom. The van der Waals surface area contributed by atoms with E-state index in [2.05, 4.69) is 6.58 Å². The van der Waals surface area contributed by atoms with Crippen molar-refractivity contribution in [3.63, 3.8) is 0 Å². The molecule has 0 aromatic carbocycles. The van der Waals surface area contributed by atoms with Crippen molar-refractivity contribution < 1.29 is 9.90 Å². The van der Waals surface area contributed by atoms with Crippen LogP contribution < -0.4 is 11.5 Å². The van der Waals surface area contributed by atoms with Crippen LogP contribution in [0.5, 0.6) is 0 Å². The van der Waals surface area contributed by atoms with Gasteiger partial charge in [0.05, 0.1) is 0 Å². The summed E-state index contributed by atoms with van der Waals surface area (Å²) < 4.78 is 0. The van der Waals surface area contributed by atoms with Gasteiger partial charge in [0.15, 0.2) is 0 Å². The summed E-state index contributed by atoms with van der Waals surface area (Å²) in [4.78, 5) is 10.4. The molecule has 2 unspecified atom stereocenters. The molecule has 0 bridgehead atoms. The predicted octanol–water partition coefficient (Wildman–Crippen LogP) is 0.472. The lowest BCUT2D eigenvalue weighted by Gasteiger charge is -2.12. The van der Waals surface area contributed by atoms with Gasteiger partial charge in [0.2, 0.25) is 0 Å². The van der Waals surface area contributed by atoms with Gasteiger partial charge in [0.1, 0.15) is 6.04 Å². The highest BCUT2D eigenvalue weighted by Crippen LogP contribution is 2.06. The Morgan fingerprint density at radius 2 is 2.00 bits per heavy atom. The summed E-state index contributed by atoms with van der Waals surface area (Å²) >= 11 is 0. The van der Waals surface area contributed by atoms with Gasteiger partial charge in [0.25, 0.3) is 0 Å². The van der Waals surface area contributed by atoms with Crippen LogP contribution in [0, 0.1) is 0 Å². The third kappa shape index (κ3) is 6.31. The quantitative estimate of drug-likeness (QED) is 0.526. The van der Waals surface area contributed by atoms with Crippen LogP contribution in [0.3, 0.4) is 0 Å². The molecule has 0 spiro atoms. The molecule has 13 heavy (non-hydrogen) atoms. The molecule has 2 atom stereocenters. The Bertz CT molecular complexity index is 192. The lowest BCUT2D eigenvalue weighted by atomic mass is 10.0. The van der Waals surface area contributed by atoms with E-state index in [1.807, 2.05) is 6.92 Å². The second kappa shape index (κ2) is 5.72. The van der Waals surface area contributed by atoms with Crippen molar-refractivity contribution in [1.82, 2.24) is 0 Å². The predicted molar refractivity (Wildman–Crippen MR) is 52.3 cm³/mol. The first kappa shape index (κ1) is 12.1. The van der Waals surface area contributed by atoms with E-state index in [1.54, 1.807) is 0 Å². The average molecular weight is 186 g/mol. The third-order valence-electron chi connectivity index (χ3n) is 1.78. The van der Waals surface area contributed by atoms with Gasteiger partial charge < -0.3 is 16.6 Å². The Kier molecular flexibility index (Phi) is 5.34.